The standard InChI is InChI=1S/C23H17N3O5S/c1-13(27)24-23-21(25-22(31-23)14-6-9-16(32)10-7-14)19-5-3-2-4-17(19)18-11-8-15(26(29)30)12-20(18)28/h2-12,28,32H,1H3,(H,24,27). The van der Waals surface area contributed by atoms with Crippen LogP contribution < -0.4 is 5.32 Å². The molecule has 0 spiro atoms. The van der Waals surface area contributed by atoms with Crippen LogP contribution in [0.1, 0.15) is 6.92 Å². The van der Waals surface area contributed by atoms with Crippen LogP contribution in [0.25, 0.3) is 33.8 Å². The van der Waals surface area contributed by atoms with Gasteiger partial charge in [-0.3, -0.25) is 20.2 Å². The lowest BCUT2D eigenvalue weighted by atomic mass is 9.96. The molecule has 8 nitrogen and oxygen atoms in total. The fourth-order valence-electron chi connectivity index (χ4n) is 3.26. The lowest BCUT2D eigenvalue weighted by Gasteiger charge is -2.10. The van der Waals surface area contributed by atoms with Crippen LogP contribution in [0.4, 0.5) is 11.6 Å². The molecule has 1 amide bonds. The molecule has 0 aliphatic rings. The van der Waals surface area contributed by atoms with E-state index in [1.54, 1.807) is 48.5 Å². The number of carbonyl (C=O) groups is 1. The van der Waals surface area contributed by atoms with Crippen LogP contribution in [-0.4, -0.2) is 20.9 Å². The van der Waals surface area contributed by atoms with Crippen LogP contribution in [0.3, 0.4) is 0 Å². The third-order valence-corrected chi connectivity index (χ3v) is 4.99. The lowest BCUT2D eigenvalue weighted by Crippen LogP contribution is -2.06. The van der Waals surface area contributed by atoms with Gasteiger partial charge in [-0.25, -0.2) is 4.98 Å². The number of hydrogen-bond acceptors (Lipinski definition) is 7. The Balaban J connectivity index is 1.88. The Kier molecular flexibility index (Phi) is 5.65. The van der Waals surface area contributed by atoms with Gasteiger partial charge in [0.25, 0.3) is 5.69 Å². The number of rotatable bonds is 5. The Morgan fingerprint density at radius 2 is 1.75 bits per heavy atom. The number of oxazole rings is 1. The molecule has 0 atom stereocenters. The molecule has 4 aromatic rings. The second-order valence-electron chi connectivity index (χ2n) is 6.93. The maximum atomic E-state index is 11.8. The number of nitrogens with one attached hydrogen (secondary N) is 1. The molecule has 0 saturated carbocycles. The van der Waals surface area contributed by atoms with Crippen molar-refractivity contribution in [2.45, 2.75) is 11.8 Å². The summed E-state index contributed by atoms with van der Waals surface area (Å²) in [5.74, 6) is -0.146. The Morgan fingerprint density at radius 3 is 2.38 bits per heavy atom. The zero-order valence-electron chi connectivity index (χ0n) is 16.8. The summed E-state index contributed by atoms with van der Waals surface area (Å²) in [5.41, 5.74) is 2.34. The normalized spacial score (nSPS) is 10.7. The number of benzene rings is 3. The molecule has 0 bridgehead atoms. The molecule has 160 valence electrons. The van der Waals surface area contributed by atoms with Crippen molar-refractivity contribution in [2.75, 3.05) is 5.32 Å². The predicted octanol–water partition coefficient (Wildman–Crippen LogP) is 5.54. The monoisotopic (exact) mass is 447 g/mol. The maximum Gasteiger partial charge on any atom is 0.273 e. The van der Waals surface area contributed by atoms with E-state index in [4.69, 9.17) is 4.42 Å². The minimum absolute atomic E-state index is 0.149. The highest BCUT2D eigenvalue weighted by Gasteiger charge is 2.22. The number of aromatic hydroxyl groups is 1. The van der Waals surface area contributed by atoms with Crippen LogP contribution >= 0.6 is 12.6 Å². The summed E-state index contributed by atoms with van der Waals surface area (Å²) < 4.78 is 5.86. The fourth-order valence-corrected chi connectivity index (χ4v) is 3.41. The smallest absolute Gasteiger partial charge is 0.273 e. The number of anilines is 1. The van der Waals surface area contributed by atoms with Crippen molar-refractivity contribution < 1.29 is 19.2 Å². The molecule has 3 aromatic carbocycles. The largest absolute Gasteiger partial charge is 0.507 e. The first-order chi connectivity index (χ1) is 15.3. The topological polar surface area (TPSA) is 119 Å². The van der Waals surface area contributed by atoms with Crippen LogP contribution in [-0.2, 0) is 4.79 Å². The van der Waals surface area contributed by atoms with E-state index in [9.17, 15) is 20.0 Å². The number of nitro groups is 1. The van der Waals surface area contributed by atoms with Crippen molar-refractivity contribution >= 4 is 30.1 Å². The third kappa shape index (κ3) is 4.19. The van der Waals surface area contributed by atoms with Crippen LogP contribution in [0, 0.1) is 10.1 Å². The summed E-state index contributed by atoms with van der Waals surface area (Å²) >= 11 is 4.28. The van der Waals surface area contributed by atoms with Gasteiger partial charge in [-0.2, -0.15) is 0 Å². The van der Waals surface area contributed by atoms with Crippen LogP contribution in [0.2, 0.25) is 0 Å². The number of hydrogen-bond donors (Lipinski definition) is 3. The Labute approximate surface area is 188 Å². The van der Waals surface area contributed by atoms with E-state index in [0.29, 0.717) is 33.8 Å². The number of carbonyl (C=O) groups excluding carboxylic acids is 1. The van der Waals surface area contributed by atoms with E-state index in [2.05, 4.69) is 22.9 Å². The van der Waals surface area contributed by atoms with E-state index >= 15 is 0 Å². The molecule has 1 aromatic heterocycles. The molecule has 32 heavy (non-hydrogen) atoms. The maximum absolute atomic E-state index is 11.8. The van der Waals surface area contributed by atoms with Gasteiger partial charge in [0.15, 0.2) is 0 Å². The quantitative estimate of drug-likeness (QED) is 0.210. The molecule has 0 unspecified atom stereocenters. The highest BCUT2D eigenvalue weighted by Crippen LogP contribution is 2.41. The van der Waals surface area contributed by atoms with E-state index in [-0.39, 0.29) is 23.2 Å². The zero-order chi connectivity index (χ0) is 22.8. The Bertz CT molecular complexity index is 1330. The van der Waals surface area contributed by atoms with E-state index in [0.717, 1.165) is 11.0 Å². The molecule has 2 N–H and O–H groups in total. The average Bonchev–Trinajstić information content (AvgIpc) is 3.17. The van der Waals surface area contributed by atoms with Gasteiger partial charge >= 0.3 is 0 Å². The first-order valence-electron chi connectivity index (χ1n) is 9.48. The molecule has 9 heteroatoms. The average molecular weight is 447 g/mol. The minimum atomic E-state index is -0.579. The van der Waals surface area contributed by atoms with Crippen molar-refractivity contribution in [3.05, 3.63) is 76.8 Å². The summed E-state index contributed by atoms with van der Waals surface area (Å²) in [6.07, 6.45) is 0. The second kappa shape index (κ2) is 8.56. The van der Waals surface area contributed by atoms with Crippen molar-refractivity contribution in [2.24, 2.45) is 0 Å². The number of nitrogens with zero attached hydrogens (tertiary/aromatic N) is 2. The molecular weight excluding hydrogens is 430 g/mol. The van der Waals surface area contributed by atoms with E-state index in [1.807, 2.05) is 0 Å². The molecule has 4 rings (SSSR count). The first kappa shape index (κ1) is 21.1. The van der Waals surface area contributed by atoms with Gasteiger partial charge in [-0.1, -0.05) is 24.3 Å². The molecule has 0 aliphatic carbocycles. The summed E-state index contributed by atoms with van der Waals surface area (Å²) in [4.78, 5) is 27.6. The van der Waals surface area contributed by atoms with Gasteiger partial charge in [-0.15, -0.1) is 12.6 Å². The van der Waals surface area contributed by atoms with Gasteiger partial charge in [0.1, 0.15) is 11.4 Å². The number of non-ortho nitro benzene ring substituents is 1. The van der Waals surface area contributed by atoms with Crippen LogP contribution in [0.5, 0.6) is 5.75 Å². The van der Waals surface area contributed by atoms with Crippen molar-refractivity contribution in [3.63, 3.8) is 0 Å². The van der Waals surface area contributed by atoms with Gasteiger partial charge in [0.2, 0.25) is 17.7 Å². The SMILES string of the molecule is CC(=O)Nc1oc(-c2ccc(S)cc2)nc1-c1ccccc1-c1ccc([N+](=O)[O-])cc1O. The molecule has 0 radical (unpaired) electrons. The summed E-state index contributed by atoms with van der Waals surface area (Å²) in [6.45, 7) is 1.36. The molecule has 1 heterocycles. The van der Waals surface area contributed by atoms with E-state index in [1.165, 1.54) is 19.1 Å². The highest BCUT2D eigenvalue weighted by molar-refractivity contribution is 7.80. The molecule has 0 fully saturated rings. The molecular formula is C23H17N3O5S. The highest BCUT2D eigenvalue weighted by atomic mass is 32.1. The van der Waals surface area contributed by atoms with Crippen molar-refractivity contribution in [1.82, 2.24) is 4.98 Å². The first-order valence-corrected chi connectivity index (χ1v) is 9.93. The number of amides is 1. The number of nitro benzene ring substituents is 1. The minimum Gasteiger partial charge on any atom is -0.507 e. The van der Waals surface area contributed by atoms with Gasteiger partial charge in [-0.05, 0) is 35.9 Å². The molecule has 0 aliphatic heterocycles. The van der Waals surface area contributed by atoms with Gasteiger partial charge in [0, 0.05) is 34.6 Å². The van der Waals surface area contributed by atoms with E-state index < -0.39 is 4.92 Å². The van der Waals surface area contributed by atoms with Crippen molar-refractivity contribution in [1.29, 1.82) is 0 Å². The summed E-state index contributed by atoms with van der Waals surface area (Å²) in [6, 6.07) is 18.1. The van der Waals surface area contributed by atoms with Crippen molar-refractivity contribution in [3.8, 4) is 39.6 Å². The van der Waals surface area contributed by atoms with Crippen LogP contribution in [0.15, 0.2) is 76.0 Å². The number of thiol groups is 1. The number of aromatic nitrogens is 1. The molecule has 0 saturated heterocycles. The lowest BCUT2D eigenvalue weighted by molar-refractivity contribution is -0.384. The van der Waals surface area contributed by atoms with Gasteiger partial charge in [0.05, 0.1) is 11.0 Å². The Hall–Kier alpha value is -4.11. The number of phenols is 1. The second-order valence-corrected chi connectivity index (χ2v) is 7.45. The zero-order valence-corrected chi connectivity index (χ0v) is 17.7. The van der Waals surface area contributed by atoms with Gasteiger partial charge < -0.3 is 9.52 Å². The fraction of sp³-hybridized carbons (Fsp3) is 0.0435. The predicted molar refractivity (Wildman–Crippen MR) is 123 cm³/mol. The summed E-state index contributed by atoms with van der Waals surface area (Å²) in [7, 11) is 0. The Morgan fingerprint density at radius 1 is 1.06 bits per heavy atom. The number of phenolic OH excluding ortho intramolecular Hbond substituents is 1. The third-order valence-electron chi connectivity index (χ3n) is 4.70. The summed E-state index contributed by atoms with van der Waals surface area (Å²) in [5, 5.41) is 24.1.